The van der Waals surface area contributed by atoms with Crippen LogP contribution in [0.25, 0.3) is 11.1 Å². The van der Waals surface area contributed by atoms with Gasteiger partial charge in [0.15, 0.2) is 11.5 Å². The Hall–Kier alpha value is -2.02. The lowest BCUT2D eigenvalue weighted by molar-refractivity contribution is 0.561. The van der Waals surface area contributed by atoms with E-state index in [1.807, 2.05) is 37.1 Å². The highest BCUT2D eigenvalue weighted by molar-refractivity contribution is 5.77. The molecule has 0 amide bonds. The highest BCUT2D eigenvalue weighted by atomic mass is 16.3. The van der Waals surface area contributed by atoms with Crippen molar-refractivity contribution in [3.05, 3.63) is 24.1 Å². The van der Waals surface area contributed by atoms with Gasteiger partial charge in [-0.1, -0.05) is 0 Å². The molecule has 0 fully saturated rings. The minimum atomic E-state index is 0.520. The molecule has 0 N–H and O–H groups in total. The number of nitriles is 1. The molecule has 4 heteroatoms. The van der Waals surface area contributed by atoms with Crippen LogP contribution in [0, 0.1) is 18.3 Å². The van der Waals surface area contributed by atoms with Crippen LogP contribution in [-0.2, 0) is 0 Å². The Labute approximate surface area is 94.1 Å². The summed E-state index contributed by atoms with van der Waals surface area (Å²) in [4.78, 5) is 6.31. The van der Waals surface area contributed by atoms with Gasteiger partial charge in [-0.05, 0) is 18.2 Å². The van der Waals surface area contributed by atoms with E-state index in [-0.39, 0.29) is 0 Å². The van der Waals surface area contributed by atoms with E-state index < -0.39 is 0 Å². The Morgan fingerprint density at radius 1 is 1.50 bits per heavy atom. The molecule has 1 heterocycles. The molecule has 0 saturated heterocycles. The van der Waals surface area contributed by atoms with E-state index in [0.717, 1.165) is 23.3 Å². The number of rotatable bonds is 3. The Morgan fingerprint density at radius 3 is 3.06 bits per heavy atom. The van der Waals surface area contributed by atoms with Crippen LogP contribution >= 0.6 is 0 Å². The first-order valence-electron chi connectivity index (χ1n) is 5.16. The largest absolute Gasteiger partial charge is 0.441 e. The summed E-state index contributed by atoms with van der Waals surface area (Å²) < 4.78 is 5.40. The van der Waals surface area contributed by atoms with Crippen molar-refractivity contribution < 1.29 is 4.42 Å². The van der Waals surface area contributed by atoms with E-state index in [9.17, 15) is 0 Å². The van der Waals surface area contributed by atoms with Crippen LogP contribution < -0.4 is 4.90 Å². The zero-order chi connectivity index (χ0) is 11.5. The highest BCUT2D eigenvalue weighted by Crippen LogP contribution is 2.21. The van der Waals surface area contributed by atoms with Crippen LogP contribution in [0.3, 0.4) is 0 Å². The molecule has 82 valence electrons. The van der Waals surface area contributed by atoms with Gasteiger partial charge in [0.05, 0.1) is 12.5 Å². The zero-order valence-corrected chi connectivity index (χ0v) is 9.40. The topological polar surface area (TPSA) is 53.1 Å². The van der Waals surface area contributed by atoms with Crippen LogP contribution in [0.15, 0.2) is 22.6 Å². The lowest BCUT2D eigenvalue weighted by Crippen LogP contribution is -2.17. The molecule has 2 rings (SSSR count). The van der Waals surface area contributed by atoms with Gasteiger partial charge in [-0.25, -0.2) is 4.98 Å². The summed E-state index contributed by atoms with van der Waals surface area (Å²) in [6.45, 7) is 2.55. The fourth-order valence-electron chi connectivity index (χ4n) is 1.62. The van der Waals surface area contributed by atoms with E-state index in [2.05, 4.69) is 11.1 Å². The molecular formula is C12H13N3O. The van der Waals surface area contributed by atoms with E-state index in [0.29, 0.717) is 12.3 Å². The first-order chi connectivity index (χ1) is 7.70. The smallest absolute Gasteiger partial charge is 0.192 e. The molecule has 1 aromatic heterocycles. The second kappa shape index (κ2) is 4.23. The van der Waals surface area contributed by atoms with Gasteiger partial charge < -0.3 is 9.32 Å². The van der Waals surface area contributed by atoms with Crippen LogP contribution in [0.1, 0.15) is 12.3 Å². The van der Waals surface area contributed by atoms with Crippen molar-refractivity contribution >= 4 is 16.8 Å². The summed E-state index contributed by atoms with van der Waals surface area (Å²) in [5.74, 6) is 0.673. The van der Waals surface area contributed by atoms with Gasteiger partial charge in [0.25, 0.3) is 0 Å². The normalized spacial score (nSPS) is 10.3. The number of aryl methyl sites for hydroxylation is 1. The number of benzene rings is 1. The number of anilines is 1. The first kappa shape index (κ1) is 10.5. The van der Waals surface area contributed by atoms with Gasteiger partial charge in [-0.3, -0.25) is 0 Å². The number of aromatic nitrogens is 1. The first-order valence-corrected chi connectivity index (χ1v) is 5.16. The molecule has 1 aromatic carbocycles. The monoisotopic (exact) mass is 215 g/mol. The second-order valence-electron chi connectivity index (χ2n) is 3.71. The summed E-state index contributed by atoms with van der Waals surface area (Å²) in [5, 5.41) is 8.53. The number of nitrogens with zero attached hydrogens (tertiary/aromatic N) is 3. The predicted octanol–water partition coefficient (Wildman–Crippen LogP) is 2.49. The molecule has 0 saturated carbocycles. The molecule has 0 atom stereocenters. The molecule has 0 aliphatic heterocycles. The molecule has 0 unspecified atom stereocenters. The molecule has 0 aliphatic rings. The van der Waals surface area contributed by atoms with Gasteiger partial charge in [0.1, 0.15) is 5.52 Å². The average Bonchev–Trinajstić information content (AvgIpc) is 2.64. The Bertz CT molecular complexity index is 539. The summed E-state index contributed by atoms with van der Waals surface area (Å²) in [6.07, 6.45) is 0.520. The molecule has 0 aliphatic carbocycles. The zero-order valence-electron chi connectivity index (χ0n) is 9.40. The number of oxazole rings is 1. The lowest BCUT2D eigenvalue weighted by atomic mass is 10.2. The second-order valence-corrected chi connectivity index (χ2v) is 3.71. The number of hydrogen-bond donors (Lipinski definition) is 0. The molecule has 2 aromatic rings. The van der Waals surface area contributed by atoms with E-state index >= 15 is 0 Å². The molecule has 16 heavy (non-hydrogen) atoms. The van der Waals surface area contributed by atoms with Crippen molar-refractivity contribution in [2.45, 2.75) is 13.3 Å². The third-order valence-corrected chi connectivity index (χ3v) is 2.48. The Balaban J connectivity index is 2.28. The quantitative estimate of drug-likeness (QED) is 0.789. The molecule has 0 bridgehead atoms. The molecular weight excluding hydrogens is 202 g/mol. The van der Waals surface area contributed by atoms with E-state index in [1.165, 1.54) is 0 Å². The van der Waals surface area contributed by atoms with Crippen molar-refractivity contribution in [3.8, 4) is 6.07 Å². The number of fused-ring (bicyclic) bond motifs is 1. The summed E-state index contributed by atoms with van der Waals surface area (Å²) >= 11 is 0. The summed E-state index contributed by atoms with van der Waals surface area (Å²) in [6, 6.07) is 8.00. The van der Waals surface area contributed by atoms with Crippen LogP contribution in [0.4, 0.5) is 5.69 Å². The van der Waals surface area contributed by atoms with Crippen LogP contribution in [0.2, 0.25) is 0 Å². The van der Waals surface area contributed by atoms with Gasteiger partial charge in [0, 0.05) is 26.2 Å². The van der Waals surface area contributed by atoms with Crippen molar-refractivity contribution in [1.29, 1.82) is 5.26 Å². The fraction of sp³-hybridized carbons (Fsp3) is 0.333. The molecule has 4 nitrogen and oxygen atoms in total. The summed E-state index contributed by atoms with van der Waals surface area (Å²) in [7, 11) is 1.96. The minimum Gasteiger partial charge on any atom is -0.441 e. The fourth-order valence-corrected chi connectivity index (χ4v) is 1.62. The SMILES string of the molecule is Cc1nc2cc(N(C)CCC#N)ccc2o1. The Morgan fingerprint density at radius 2 is 2.31 bits per heavy atom. The maximum Gasteiger partial charge on any atom is 0.192 e. The maximum atomic E-state index is 8.53. The maximum absolute atomic E-state index is 8.53. The van der Waals surface area contributed by atoms with Crippen molar-refractivity contribution in [2.75, 3.05) is 18.5 Å². The third-order valence-electron chi connectivity index (χ3n) is 2.48. The van der Waals surface area contributed by atoms with Crippen LogP contribution in [-0.4, -0.2) is 18.6 Å². The lowest BCUT2D eigenvalue weighted by Gasteiger charge is -2.17. The Kier molecular flexibility index (Phi) is 2.78. The van der Waals surface area contributed by atoms with E-state index in [1.54, 1.807) is 0 Å². The summed E-state index contributed by atoms with van der Waals surface area (Å²) in [5.41, 5.74) is 2.71. The van der Waals surface area contributed by atoms with Crippen molar-refractivity contribution in [2.24, 2.45) is 0 Å². The van der Waals surface area contributed by atoms with Crippen LogP contribution in [0.5, 0.6) is 0 Å². The highest BCUT2D eigenvalue weighted by Gasteiger charge is 2.05. The van der Waals surface area contributed by atoms with Crippen molar-refractivity contribution in [3.63, 3.8) is 0 Å². The predicted molar refractivity (Wildman–Crippen MR) is 62.2 cm³/mol. The minimum absolute atomic E-state index is 0.520. The molecule has 0 spiro atoms. The third kappa shape index (κ3) is 1.98. The van der Waals surface area contributed by atoms with Gasteiger partial charge in [0.2, 0.25) is 0 Å². The van der Waals surface area contributed by atoms with Gasteiger partial charge in [-0.15, -0.1) is 0 Å². The average molecular weight is 215 g/mol. The van der Waals surface area contributed by atoms with Gasteiger partial charge in [-0.2, -0.15) is 5.26 Å². The van der Waals surface area contributed by atoms with Gasteiger partial charge >= 0.3 is 0 Å². The van der Waals surface area contributed by atoms with E-state index in [4.69, 9.17) is 9.68 Å². The number of hydrogen-bond acceptors (Lipinski definition) is 4. The van der Waals surface area contributed by atoms with Crippen molar-refractivity contribution in [1.82, 2.24) is 4.98 Å². The molecule has 0 radical (unpaired) electrons. The standard InChI is InChI=1S/C12H13N3O/c1-9-14-11-8-10(4-5-12(11)16-9)15(2)7-3-6-13/h4-5,8H,3,7H2,1-2H3.